The van der Waals surface area contributed by atoms with Gasteiger partial charge in [0.05, 0.1) is 10.5 Å². The van der Waals surface area contributed by atoms with Gasteiger partial charge in [-0.15, -0.1) is 0 Å². The smallest absolute Gasteiger partial charge is 0.270 e. The van der Waals surface area contributed by atoms with E-state index in [1.165, 1.54) is 30.2 Å². The Bertz CT molecular complexity index is 686. The number of carbonyl (C=O) groups is 1. The lowest BCUT2D eigenvalue weighted by molar-refractivity contribution is -0.384. The monoisotopic (exact) mass is 335 g/mol. The fourth-order valence-electron chi connectivity index (χ4n) is 2.00. The van der Waals surface area contributed by atoms with E-state index in [0.29, 0.717) is 10.1 Å². The van der Waals surface area contributed by atoms with Gasteiger partial charge >= 0.3 is 0 Å². The standard InChI is InChI=1S/C14H17N5O3S/c1-3-9(4-2)17-13(20)11-7-10(19(21)22)5-6-12(11)23-14-15-8-16-18-14/h5-9H,3-4H2,1-2H3,(H,17,20)(H,15,16,18). The first-order chi connectivity index (χ1) is 11.0. The van der Waals surface area contributed by atoms with E-state index < -0.39 is 4.92 Å². The van der Waals surface area contributed by atoms with Gasteiger partial charge in [0.1, 0.15) is 6.33 Å². The van der Waals surface area contributed by atoms with Crippen molar-refractivity contribution in [1.82, 2.24) is 20.5 Å². The predicted octanol–water partition coefficient (Wildman–Crippen LogP) is 2.78. The van der Waals surface area contributed by atoms with Crippen LogP contribution in [0, 0.1) is 10.1 Å². The Morgan fingerprint density at radius 2 is 2.17 bits per heavy atom. The van der Waals surface area contributed by atoms with Gasteiger partial charge in [-0.2, -0.15) is 5.10 Å². The maximum atomic E-state index is 12.5. The number of nitro benzene ring substituents is 1. The third-order valence-corrected chi connectivity index (χ3v) is 4.30. The molecule has 0 aliphatic carbocycles. The first kappa shape index (κ1) is 16.9. The molecule has 0 fully saturated rings. The highest BCUT2D eigenvalue weighted by atomic mass is 32.2. The second kappa shape index (κ2) is 7.73. The van der Waals surface area contributed by atoms with E-state index >= 15 is 0 Å². The maximum absolute atomic E-state index is 12.5. The molecule has 1 amide bonds. The minimum Gasteiger partial charge on any atom is -0.349 e. The number of rotatable bonds is 7. The topological polar surface area (TPSA) is 114 Å². The molecule has 0 saturated carbocycles. The summed E-state index contributed by atoms with van der Waals surface area (Å²) in [6.07, 6.45) is 2.95. The van der Waals surface area contributed by atoms with Crippen molar-refractivity contribution in [3.05, 3.63) is 40.2 Å². The Kier molecular flexibility index (Phi) is 5.69. The zero-order valence-corrected chi connectivity index (χ0v) is 13.6. The van der Waals surface area contributed by atoms with Gasteiger partial charge in [0, 0.05) is 23.1 Å². The van der Waals surface area contributed by atoms with Crippen molar-refractivity contribution in [2.75, 3.05) is 0 Å². The van der Waals surface area contributed by atoms with Crippen molar-refractivity contribution in [3.63, 3.8) is 0 Å². The molecule has 0 atom stereocenters. The Balaban J connectivity index is 2.34. The highest BCUT2D eigenvalue weighted by Gasteiger charge is 2.19. The normalized spacial score (nSPS) is 10.7. The Hall–Kier alpha value is -2.42. The van der Waals surface area contributed by atoms with Crippen molar-refractivity contribution < 1.29 is 9.72 Å². The lowest BCUT2D eigenvalue weighted by atomic mass is 10.1. The Morgan fingerprint density at radius 1 is 1.43 bits per heavy atom. The molecule has 9 heteroatoms. The number of aromatic amines is 1. The van der Waals surface area contributed by atoms with E-state index in [2.05, 4.69) is 20.5 Å². The molecule has 122 valence electrons. The molecule has 1 aromatic heterocycles. The second-order valence-electron chi connectivity index (χ2n) is 4.82. The number of H-pyrrole nitrogens is 1. The Labute approximate surface area is 137 Å². The molecule has 2 rings (SSSR count). The van der Waals surface area contributed by atoms with E-state index in [9.17, 15) is 14.9 Å². The average molecular weight is 335 g/mol. The predicted molar refractivity (Wildman–Crippen MR) is 85.4 cm³/mol. The molecule has 2 N–H and O–H groups in total. The third kappa shape index (κ3) is 4.28. The molecule has 0 aliphatic heterocycles. The summed E-state index contributed by atoms with van der Waals surface area (Å²) in [5.74, 6) is -0.329. The molecule has 0 aliphatic rings. The number of carbonyl (C=O) groups excluding carboxylic acids is 1. The fraction of sp³-hybridized carbons (Fsp3) is 0.357. The van der Waals surface area contributed by atoms with Gasteiger partial charge in [-0.05, 0) is 30.7 Å². The summed E-state index contributed by atoms with van der Waals surface area (Å²) in [6, 6.07) is 4.24. The molecule has 8 nitrogen and oxygen atoms in total. The SMILES string of the molecule is CCC(CC)NC(=O)c1cc([N+](=O)[O-])ccc1Sc1ncn[nH]1. The summed E-state index contributed by atoms with van der Waals surface area (Å²) >= 11 is 1.20. The van der Waals surface area contributed by atoms with E-state index in [1.54, 1.807) is 6.07 Å². The molecule has 1 heterocycles. The van der Waals surface area contributed by atoms with Crippen LogP contribution in [0.2, 0.25) is 0 Å². The first-order valence-corrected chi connectivity index (χ1v) is 7.99. The summed E-state index contributed by atoms with van der Waals surface area (Å²) in [5, 5.41) is 20.8. The van der Waals surface area contributed by atoms with Gasteiger partial charge in [0.25, 0.3) is 11.6 Å². The molecule has 0 unspecified atom stereocenters. The number of hydrogen-bond donors (Lipinski definition) is 2. The molecular formula is C14H17N5O3S. The molecule has 1 aromatic carbocycles. The van der Waals surface area contributed by atoms with Crippen molar-refractivity contribution in [3.8, 4) is 0 Å². The van der Waals surface area contributed by atoms with Gasteiger partial charge in [0.15, 0.2) is 5.16 Å². The van der Waals surface area contributed by atoms with Crippen LogP contribution >= 0.6 is 11.8 Å². The molecule has 2 aromatic rings. The summed E-state index contributed by atoms with van der Waals surface area (Å²) in [7, 11) is 0. The number of non-ortho nitro benzene ring substituents is 1. The first-order valence-electron chi connectivity index (χ1n) is 7.17. The van der Waals surface area contributed by atoms with Crippen LogP contribution in [-0.4, -0.2) is 32.1 Å². The number of nitrogens with zero attached hydrogens (tertiary/aromatic N) is 3. The van der Waals surface area contributed by atoms with Gasteiger partial charge in [-0.1, -0.05) is 13.8 Å². The highest BCUT2D eigenvalue weighted by Crippen LogP contribution is 2.30. The number of aromatic nitrogens is 3. The van der Waals surface area contributed by atoms with Crippen molar-refractivity contribution in [1.29, 1.82) is 0 Å². The van der Waals surface area contributed by atoms with Crippen LogP contribution in [0.4, 0.5) is 5.69 Å². The largest absolute Gasteiger partial charge is 0.349 e. The molecular weight excluding hydrogens is 318 g/mol. The summed E-state index contributed by atoms with van der Waals surface area (Å²) < 4.78 is 0. The Morgan fingerprint density at radius 3 is 2.74 bits per heavy atom. The number of benzene rings is 1. The number of nitrogens with one attached hydrogen (secondary N) is 2. The highest BCUT2D eigenvalue weighted by molar-refractivity contribution is 7.99. The van der Waals surface area contributed by atoms with Crippen LogP contribution in [0.5, 0.6) is 0 Å². The molecule has 23 heavy (non-hydrogen) atoms. The summed E-state index contributed by atoms with van der Waals surface area (Å²) in [5.41, 5.74) is 0.133. The van der Waals surface area contributed by atoms with Crippen LogP contribution in [0.3, 0.4) is 0 Å². The summed E-state index contributed by atoms with van der Waals surface area (Å²) in [6.45, 7) is 3.96. The van der Waals surface area contributed by atoms with Crippen molar-refractivity contribution >= 4 is 23.4 Å². The zero-order chi connectivity index (χ0) is 16.8. The van der Waals surface area contributed by atoms with Crippen LogP contribution in [0.1, 0.15) is 37.0 Å². The zero-order valence-electron chi connectivity index (χ0n) is 12.8. The minimum absolute atomic E-state index is 0.0323. The van der Waals surface area contributed by atoms with Crippen LogP contribution in [0.25, 0.3) is 0 Å². The fourth-order valence-corrected chi connectivity index (χ4v) is 2.81. The lowest BCUT2D eigenvalue weighted by Gasteiger charge is -2.16. The van der Waals surface area contributed by atoms with Crippen LogP contribution < -0.4 is 5.32 Å². The van der Waals surface area contributed by atoms with E-state index in [-0.39, 0.29) is 23.2 Å². The lowest BCUT2D eigenvalue weighted by Crippen LogP contribution is -2.34. The molecule has 0 saturated heterocycles. The molecule has 0 bridgehead atoms. The van der Waals surface area contributed by atoms with Gasteiger partial charge in [-0.25, -0.2) is 4.98 Å². The molecule has 0 radical (unpaired) electrons. The molecule has 0 spiro atoms. The average Bonchev–Trinajstić information content (AvgIpc) is 3.05. The quantitative estimate of drug-likeness (QED) is 0.594. The van der Waals surface area contributed by atoms with Crippen molar-refractivity contribution in [2.24, 2.45) is 0 Å². The number of hydrogen-bond acceptors (Lipinski definition) is 6. The minimum atomic E-state index is -0.517. The van der Waals surface area contributed by atoms with Gasteiger partial charge in [-0.3, -0.25) is 20.0 Å². The van der Waals surface area contributed by atoms with E-state index in [1.807, 2.05) is 13.8 Å². The van der Waals surface area contributed by atoms with Crippen LogP contribution in [0.15, 0.2) is 34.6 Å². The van der Waals surface area contributed by atoms with E-state index in [4.69, 9.17) is 0 Å². The third-order valence-electron chi connectivity index (χ3n) is 3.34. The van der Waals surface area contributed by atoms with Gasteiger partial charge < -0.3 is 5.32 Å². The van der Waals surface area contributed by atoms with E-state index in [0.717, 1.165) is 12.8 Å². The van der Waals surface area contributed by atoms with Crippen LogP contribution in [-0.2, 0) is 0 Å². The van der Waals surface area contributed by atoms with Gasteiger partial charge in [0.2, 0.25) is 0 Å². The second-order valence-corrected chi connectivity index (χ2v) is 5.85. The van der Waals surface area contributed by atoms with Crippen molar-refractivity contribution in [2.45, 2.75) is 42.8 Å². The number of nitro groups is 1. The maximum Gasteiger partial charge on any atom is 0.270 e. The number of amides is 1. The summed E-state index contributed by atoms with van der Waals surface area (Å²) in [4.78, 5) is 27.5.